The number of H-pyrrole nitrogens is 1. The molecule has 0 unspecified atom stereocenters. The minimum Gasteiger partial charge on any atom is -0.497 e. The van der Waals surface area contributed by atoms with E-state index in [0.29, 0.717) is 34.9 Å². The molecule has 1 N–H and O–H groups in total. The normalized spacial score (nSPS) is 15.5. The summed E-state index contributed by atoms with van der Waals surface area (Å²) in [5.74, 6) is 2.21. The van der Waals surface area contributed by atoms with E-state index in [9.17, 15) is 9.59 Å². The summed E-state index contributed by atoms with van der Waals surface area (Å²) in [4.78, 5) is 31.2. The predicted octanol–water partition coefficient (Wildman–Crippen LogP) is 4.37. The minimum absolute atomic E-state index is 0.0107. The van der Waals surface area contributed by atoms with Crippen molar-refractivity contribution in [1.82, 2.24) is 9.88 Å². The van der Waals surface area contributed by atoms with Crippen molar-refractivity contribution in [3.05, 3.63) is 63.9 Å². The highest BCUT2D eigenvalue weighted by Gasteiger charge is 2.27. The van der Waals surface area contributed by atoms with E-state index < -0.39 is 0 Å². The molecule has 0 spiro atoms. The largest absolute Gasteiger partial charge is 0.497 e. The van der Waals surface area contributed by atoms with Gasteiger partial charge in [-0.2, -0.15) is 0 Å². The van der Waals surface area contributed by atoms with E-state index in [2.05, 4.69) is 4.98 Å². The second-order valence-corrected chi connectivity index (χ2v) is 8.79. The number of rotatable bonds is 6. The number of hydrogen-bond donors (Lipinski definition) is 1. The maximum Gasteiger partial charge on any atom is 0.253 e. The van der Waals surface area contributed by atoms with Crippen LogP contribution in [0.25, 0.3) is 10.9 Å². The van der Waals surface area contributed by atoms with Crippen LogP contribution in [0.4, 0.5) is 0 Å². The number of aromatic nitrogens is 1. The highest BCUT2D eigenvalue weighted by molar-refractivity contribution is 5.81. The van der Waals surface area contributed by atoms with Crippen LogP contribution in [0, 0.1) is 5.92 Å². The Morgan fingerprint density at radius 2 is 1.85 bits per heavy atom. The Bertz CT molecular complexity index is 1230. The number of nitrogens with zero attached hydrogens (tertiary/aromatic N) is 1. The lowest BCUT2D eigenvalue weighted by Crippen LogP contribution is -2.37. The lowest BCUT2D eigenvalue weighted by Gasteiger charge is -2.29. The van der Waals surface area contributed by atoms with Gasteiger partial charge >= 0.3 is 0 Å². The maximum absolute atomic E-state index is 13.5. The van der Waals surface area contributed by atoms with Crippen molar-refractivity contribution < 1.29 is 19.0 Å². The summed E-state index contributed by atoms with van der Waals surface area (Å²) >= 11 is 0. The molecule has 7 heteroatoms. The van der Waals surface area contributed by atoms with Gasteiger partial charge in [0.2, 0.25) is 12.7 Å². The second-order valence-electron chi connectivity index (χ2n) is 8.79. The third-order valence-corrected chi connectivity index (χ3v) is 6.57. The highest BCUT2D eigenvalue weighted by Crippen LogP contribution is 2.33. The number of benzene rings is 2. The molecule has 2 aliphatic rings. The van der Waals surface area contributed by atoms with E-state index in [1.54, 1.807) is 13.2 Å². The van der Waals surface area contributed by atoms with Gasteiger partial charge in [0.1, 0.15) is 5.75 Å². The number of fused-ring (bicyclic) bond motifs is 2. The van der Waals surface area contributed by atoms with E-state index in [4.69, 9.17) is 14.2 Å². The first-order valence-electron chi connectivity index (χ1n) is 11.5. The van der Waals surface area contributed by atoms with Gasteiger partial charge in [0.05, 0.1) is 19.2 Å². The molecule has 5 rings (SSSR count). The Hall–Kier alpha value is -3.48. The van der Waals surface area contributed by atoms with Crippen molar-refractivity contribution in [3.8, 4) is 17.2 Å². The molecule has 2 aromatic carbocycles. The molecule has 3 aromatic rings. The summed E-state index contributed by atoms with van der Waals surface area (Å²) in [6.07, 6.45) is 5.15. The molecule has 33 heavy (non-hydrogen) atoms. The molecule has 1 fully saturated rings. The van der Waals surface area contributed by atoms with Gasteiger partial charge in [-0.1, -0.05) is 25.3 Å². The zero-order chi connectivity index (χ0) is 22.8. The smallest absolute Gasteiger partial charge is 0.253 e. The summed E-state index contributed by atoms with van der Waals surface area (Å²) in [6, 6.07) is 13.2. The molecular weight excluding hydrogens is 420 g/mol. The Morgan fingerprint density at radius 3 is 2.67 bits per heavy atom. The van der Waals surface area contributed by atoms with E-state index >= 15 is 0 Å². The van der Waals surface area contributed by atoms with E-state index in [-0.39, 0.29) is 30.7 Å². The number of carbonyl (C=O) groups excluding carboxylic acids is 1. The Balaban J connectivity index is 1.45. The number of amides is 1. The summed E-state index contributed by atoms with van der Waals surface area (Å²) in [5.41, 5.74) is 2.04. The summed E-state index contributed by atoms with van der Waals surface area (Å²) in [5, 5.41) is 0.901. The fraction of sp³-hybridized carbons (Fsp3) is 0.385. The fourth-order valence-electron chi connectivity index (χ4n) is 4.75. The number of aromatic amines is 1. The molecule has 1 saturated carbocycles. The molecule has 1 aromatic heterocycles. The van der Waals surface area contributed by atoms with Crippen molar-refractivity contribution >= 4 is 16.8 Å². The summed E-state index contributed by atoms with van der Waals surface area (Å²) in [6.45, 7) is 0.869. The van der Waals surface area contributed by atoms with Gasteiger partial charge in [-0.25, -0.2) is 0 Å². The molecule has 172 valence electrons. The molecule has 1 amide bonds. The van der Waals surface area contributed by atoms with E-state index in [0.717, 1.165) is 36.6 Å². The topological polar surface area (TPSA) is 80.9 Å². The molecule has 0 atom stereocenters. The molecule has 2 heterocycles. The molecular formula is C26H28N2O5. The zero-order valence-corrected chi connectivity index (χ0v) is 18.8. The van der Waals surface area contributed by atoms with Crippen LogP contribution in [0.3, 0.4) is 0 Å². The number of pyridine rings is 1. The average molecular weight is 449 g/mol. The van der Waals surface area contributed by atoms with Crippen LogP contribution in [0.2, 0.25) is 0 Å². The van der Waals surface area contributed by atoms with Gasteiger partial charge in [0.15, 0.2) is 11.5 Å². The molecule has 1 aliphatic heterocycles. The average Bonchev–Trinajstić information content (AvgIpc) is 3.32. The highest BCUT2D eigenvalue weighted by atomic mass is 16.7. The van der Waals surface area contributed by atoms with Gasteiger partial charge in [0.25, 0.3) is 5.56 Å². The second kappa shape index (κ2) is 9.17. The lowest BCUT2D eigenvalue weighted by molar-refractivity contribution is -0.137. The number of nitrogens with one attached hydrogen (secondary N) is 1. The molecule has 7 nitrogen and oxygen atoms in total. The maximum atomic E-state index is 13.5. The van der Waals surface area contributed by atoms with Gasteiger partial charge in [-0.05, 0) is 54.1 Å². The van der Waals surface area contributed by atoms with Crippen molar-refractivity contribution in [2.24, 2.45) is 5.92 Å². The number of methoxy groups -OCH3 is 1. The Morgan fingerprint density at radius 1 is 1.03 bits per heavy atom. The SMILES string of the molecule is COc1ccc2cc(CN(Cc3ccc4c(c3)OCO4)C(=O)C3CCCCC3)c(=O)[nH]c2c1. The van der Waals surface area contributed by atoms with E-state index in [1.165, 1.54) is 6.42 Å². The molecule has 0 bridgehead atoms. The first-order chi connectivity index (χ1) is 16.1. The van der Waals surface area contributed by atoms with Crippen molar-refractivity contribution in [2.45, 2.75) is 45.2 Å². The van der Waals surface area contributed by atoms with Crippen LogP contribution >= 0.6 is 0 Å². The van der Waals surface area contributed by atoms with Crippen LogP contribution in [0.5, 0.6) is 17.2 Å². The molecule has 1 aliphatic carbocycles. The number of ether oxygens (including phenoxy) is 3. The Kier molecular flexibility index (Phi) is 5.94. The van der Waals surface area contributed by atoms with Crippen LogP contribution in [0.1, 0.15) is 43.2 Å². The van der Waals surface area contributed by atoms with Gasteiger partial charge < -0.3 is 24.1 Å². The quantitative estimate of drug-likeness (QED) is 0.606. The Labute approximate surface area is 192 Å². The molecule has 0 saturated heterocycles. The van der Waals surface area contributed by atoms with Crippen molar-refractivity contribution in [3.63, 3.8) is 0 Å². The minimum atomic E-state index is -0.192. The van der Waals surface area contributed by atoms with Gasteiger partial charge in [-0.3, -0.25) is 9.59 Å². The summed E-state index contributed by atoms with van der Waals surface area (Å²) < 4.78 is 16.2. The monoisotopic (exact) mass is 448 g/mol. The van der Waals surface area contributed by atoms with Crippen LogP contribution < -0.4 is 19.8 Å². The van der Waals surface area contributed by atoms with Crippen molar-refractivity contribution in [1.29, 1.82) is 0 Å². The van der Waals surface area contributed by atoms with E-state index in [1.807, 2.05) is 41.3 Å². The van der Waals surface area contributed by atoms with Gasteiger partial charge in [-0.15, -0.1) is 0 Å². The number of carbonyl (C=O) groups is 1. The lowest BCUT2D eigenvalue weighted by atomic mass is 9.88. The fourth-order valence-corrected chi connectivity index (χ4v) is 4.75. The number of hydrogen-bond acceptors (Lipinski definition) is 5. The first-order valence-corrected chi connectivity index (χ1v) is 11.5. The van der Waals surface area contributed by atoms with Crippen molar-refractivity contribution in [2.75, 3.05) is 13.9 Å². The standard InChI is InChI=1S/C26H28N2O5/c1-31-21-9-8-19-12-20(25(29)27-22(19)13-21)15-28(26(30)18-5-3-2-4-6-18)14-17-7-10-23-24(11-17)33-16-32-23/h7-13,18H,2-6,14-16H2,1H3,(H,27,29). The first kappa shape index (κ1) is 21.4. The van der Waals surface area contributed by atoms with Crippen LogP contribution in [0.15, 0.2) is 47.3 Å². The third-order valence-electron chi connectivity index (χ3n) is 6.57. The zero-order valence-electron chi connectivity index (χ0n) is 18.8. The third kappa shape index (κ3) is 4.53. The summed E-state index contributed by atoms with van der Waals surface area (Å²) in [7, 11) is 1.60. The van der Waals surface area contributed by atoms with Crippen LogP contribution in [-0.4, -0.2) is 29.7 Å². The van der Waals surface area contributed by atoms with Gasteiger partial charge in [0, 0.05) is 24.1 Å². The van der Waals surface area contributed by atoms with Crippen LogP contribution in [-0.2, 0) is 17.9 Å². The predicted molar refractivity (Wildman–Crippen MR) is 125 cm³/mol. The molecule has 0 radical (unpaired) electrons.